The van der Waals surface area contributed by atoms with Crippen LogP contribution in [0, 0.1) is 18.6 Å². The lowest BCUT2D eigenvalue weighted by atomic mass is 10.2. The highest BCUT2D eigenvalue weighted by atomic mass is 35.5. The number of benzene rings is 2. The van der Waals surface area contributed by atoms with E-state index < -0.39 is 11.6 Å². The topological polar surface area (TPSA) is 43.8 Å². The van der Waals surface area contributed by atoms with Crippen molar-refractivity contribution in [1.82, 2.24) is 9.55 Å². The van der Waals surface area contributed by atoms with E-state index in [0.29, 0.717) is 11.0 Å². The number of hydrogen-bond donors (Lipinski definition) is 1. The van der Waals surface area contributed by atoms with Crippen molar-refractivity contribution in [3.63, 3.8) is 0 Å². The van der Waals surface area contributed by atoms with Gasteiger partial charge in [-0.3, -0.25) is 4.57 Å². The number of anilines is 1. The van der Waals surface area contributed by atoms with Gasteiger partial charge in [-0.2, -0.15) is 0 Å². The maximum Gasteiger partial charge on any atom is 0.206 e. The summed E-state index contributed by atoms with van der Waals surface area (Å²) < 4.78 is 28.9. The summed E-state index contributed by atoms with van der Waals surface area (Å²) >= 11 is 5.78. The van der Waals surface area contributed by atoms with Crippen molar-refractivity contribution in [3.8, 4) is 5.69 Å². The van der Waals surface area contributed by atoms with Gasteiger partial charge in [0, 0.05) is 6.07 Å². The molecule has 3 rings (SSSR count). The van der Waals surface area contributed by atoms with E-state index in [1.807, 2.05) is 6.92 Å². The van der Waals surface area contributed by atoms with Crippen LogP contribution in [0.15, 0.2) is 30.3 Å². The molecule has 0 unspecified atom stereocenters. The normalized spacial score (nSPS) is 11.2. The number of rotatable bonds is 1. The van der Waals surface area contributed by atoms with Crippen molar-refractivity contribution >= 4 is 28.6 Å². The second-order valence-corrected chi connectivity index (χ2v) is 4.92. The van der Waals surface area contributed by atoms with Crippen LogP contribution in [0.5, 0.6) is 0 Å². The molecule has 0 amide bonds. The van der Waals surface area contributed by atoms with Crippen LogP contribution in [0.3, 0.4) is 0 Å². The fourth-order valence-corrected chi connectivity index (χ4v) is 2.30. The van der Waals surface area contributed by atoms with Crippen LogP contribution < -0.4 is 5.73 Å². The number of hydrogen-bond acceptors (Lipinski definition) is 2. The van der Waals surface area contributed by atoms with E-state index in [2.05, 4.69) is 4.98 Å². The molecule has 0 atom stereocenters. The highest BCUT2D eigenvalue weighted by Crippen LogP contribution is 2.29. The average Bonchev–Trinajstić information content (AvgIpc) is 2.69. The molecule has 2 N–H and O–H groups in total. The molecule has 0 aliphatic carbocycles. The maximum atomic E-state index is 14.0. The van der Waals surface area contributed by atoms with Gasteiger partial charge in [-0.15, -0.1) is 0 Å². The van der Waals surface area contributed by atoms with Gasteiger partial charge in [0.1, 0.15) is 11.6 Å². The van der Waals surface area contributed by atoms with Crippen molar-refractivity contribution in [1.29, 1.82) is 0 Å². The molecule has 0 spiro atoms. The molecule has 1 heterocycles. The molecule has 0 bridgehead atoms. The standard InChI is InChI=1S/C14H10ClF2N3/c1-7-2-3-9(16)12(4-7)20-13-5-8(15)10(17)6-11(13)19-14(20)18/h2-6H,1H3,(H2,18,19). The lowest BCUT2D eigenvalue weighted by Crippen LogP contribution is -2.03. The second-order valence-electron chi connectivity index (χ2n) is 4.52. The minimum atomic E-state index is -0.589. The highest BCUT2D eigenvalue weighted by molar-refractivity contribution is 6.31. The Balaban J connectivity index is 2.38. The number of aryl methyl sites for hydroxylation is 1. The highest BCUT2D eigenvalue weighted by Gasteiger charge is 2.15. The van der Waals surface area contributed by atoms with Gasteiger partial charge >= 0.3 is 0 Å². The third kappa shape index (κ3) is 1.91. The Morgan fingerprint density at radius 1 is 1.15 bits per heavy atom. The molecule has 0 saturated heterocycles. The van der Waals surface area contributed by atoms with E-state index in [-0.39, 0.29) is 16.7 Å². The third-order valence-corrected chi connectivity index (χ3v) is 3.35. The van der Waals surface area contributed by atoms with Crippen molar-refractivity contribution in [2.24, 2.45) is 0 Å². The van der Waals surface area contributed by atoms with Gasteiger partial charge in [-0.1, -0.05) is 17.7 Å². The molecular weight excluding hydrogens is 284 g/mol. The average molecular weight is 294 g/mol. The number of imidazole rings is 1. The summed E-state index contributed by atoms with van der Waals surface area (Å²) in [5, 5.41) is -0.0632. The van der Waals surface area contributed by atoms with E-state index >= 15 is 0 Å². The van der Waals surface area contributed by atoms with Crippen LogP contribution in [-0.2, 0) is 0 Å². The third-order valence-electron chi connectivity index (χ3n) is 3.07. The molecule has 20 heavy (non-hydrogen) atoms. The van der Waals surface area contributed by atoms with Crippen LogP contribution in [0.1, 0.15) is 5.56 Å². The molecule has 0 radical (unpaired) electrons. The summed E-state index contributed by atoms with van der Waals surface area (Å²) in [7, 11) is 0. The summed E-state index contributed by atoms with van der Waals surface area (Å²) in [4.78, 5) is 4.04. The first-order valence-electron chi connectivity index (χ1n) is 5.87. The van der Waals surface area contributed by atoms with Gasteiger partial charge in [0.25, 0.3) is 0 Å². The molecule has 0 saturated carbocycles. The van der Waals surface area contributed by atoms with E-state index in [4.69, 9.17) is 17.3 Å². The Morgan fingerprint density at radius 2 is 1.90 bits per heavy atom. The monoisotopic (exact) mass is 293 g/mol. The molecule has 0 aliphatic rings. The summed E-state index contributed by atoms with van der Waals surface area (Å²) in [6.45, 7) is 1.84. The fourth-order valence-electron chi connectivity index (χ4n) is 2.14. The molecule has 2 aromatic carbocycles. The summed E-state index contributed by atoms with van der Waals surface area (Å²) in [6, 6.07) is 7.21. The van der Waals surface area contributed by atoms with Crippen LogP contribution in [0.2, 0.25) is 5.02 Å². The molecule has 102 valence electrons. The quantitative estimate of drug-likeness (QED) is 0.740. The van der Waals surface area contributed by atoms with Gasteiger partial charge < -0.3 is 5.73 Å². The zero-order valence-electron chi connectivity index (χ0n) is 10.5. The fraction of sp³-hybridized carbons (Fsp3) is 0.0714. The smallest absolute Gasteiger partial charge is 0.206 e. The van der Waals surface area contributed by atoms with Gasteiger partial charge in [0.15, 0.2) is 0 Å². The zero-order valence-corrected chi connectivity index (χ0v) is 11.2. The minimum absolute atomic E-state index is 0.0632. The minimum Gasteiger partial charge on any atom is -0.369 e. The molecular formula is C14H10ClF2N3. The number of fused-ring (bicyclic) bond motifs is 1. The SMILES string of the molecule is Cc1ccc(F)c(-n2c(N)nc3cc(F)c(Cl)cc32)c1. The first-order valence-corrected chi connectivity index (χ1v) is 6.24. The van der Waals surface area contributed by atoms with E-state index in [0.717, 1.165) is 5.56 Å². The summed E-state index contributed by atoms with van der Waals surface area (Å²) in [5.41, 5.74) is 7.73. The van der Waals surface area contributed by atoms with Crippen molar-refractivity contribution in [2.45, 2.75) is 6.92 Å². The molecule has 0 aliphatic heterocycles. The molecule has 0 fully saturated rings. The Hall–Kier alpha value is -2.14. The Bertz CT molecular complexity index is 827. The number of aromatic nitrogens is 2. The Kier molecular flexibility index (Phi) is 2.87. The second kappa shape index (κ2) is 4.45. The number of nitrogens with zero attached hydrogens (tertiary/aromatic N) is 2. The summed E-state index contributed by atoms with van der Waals surface area (Å²) in [5.74, 6) is -0.957. The largest absolute Gasteiger partial charge is 0.369 e. The van der Waals surface area contributed by atoms with Crippen molar-refractivity contribution in [2.75, 3.05) is 5.73 Å². The van der Waals surface area contributed by atoms with Crippen molar-refractivity contribution < 1.29 is 8.78 Å². The van der Waals surface area contributed by atoms with Crippen LogP contribution in [0.4, 0.5) is 14.7 Å². The number of halogens is 3. The number of nitrogens with two attached hydrogens (primary N) is 1. The summed E-state index contributed by atoms with van der Waals surface area (Å²) in [6.07, 6.45) is 0. The van der Waals surface area contributed by atoms with Gasteiger partial charge in [0.05, 0.1) is 21.7 Å². The predicted molar refractivity (Wildman–Crippen MR) is 75.1 cm³/mol. The number of nitrogen functional groups attached to an aromatic ring is 1. The van der Waals surface area contributed by atoms with Gasteiger partial charge in [-0.25, -0.2) is 13.8 Å². The zero-order chi connectivity index (χ0) is 14.4. The van der Waals surface area contributed by atoms with Gasteiger partial charge in [-0.05, 0) is 30.7 Å². The lowest BCUT2D eigenvalue weighted by molar-refractivity contribution is 0.619. The van der Waals surface area contributed by atoms with Crippen LogP contribution in [0.25, 0.3) is 16.7 Å². The predicted octanol–water partition coefficient (Wildman–Crippen LogP) is 3.85. The van der Waals surface area contributed by atoms with Crippen LogP contribution >= 0.6 is 11.6 Å². The first kappa shape index (κ1) is 12.9. The van der Waals surface area contributed by atoms with Crippen molar-refractivity contribution in [3.05, 3.63) is 52.6 Å². The molecule has 6 heteroatoms. The maximum absolute atomic E-state index is 14.0. The van der Waals surface area contributed by atoms with E-state index in [9.17, 15) is 8.78 Å². The Morgan fingerprint density at radius 3 is 2.65 bits per heavy atom. The lowest BCUT2D eigenvalue weighted by Gasteiger charge is -2.09. The molecule has 1 aromatic heterocycles. The van der Waals surface area contributed by atoms with Gasteiger partial charge in [0.2, 0.25) is 5.95 Å². The van der Waals surface area contributed by atoms with E-state index in [1.54, 1.807) is 12.1 Å². The molecule has 3 nitrogen and oxygen atoms in total. The Labute approximate surface area is 118 Å². The van der Waals surface area contributed by atoms with E-state index in [1.165, 1.54) is 22.8 Å². The van der Waals surface area contributed by atoms with Crippen LogP contribution in [-0.4, -0.2) is 9.55 Å². The molecule has 3 aromatic rings. The first-order chi connectivity index (χ1) is 9.47.